The molecule has 100 valence electrons. The second-order valence-corrected chi connectivity index (χ2v) is 6.45. The summed E-state index contributed by atoms with van der Waals surface area (Å²) in [7, 11) is 0. The summed E-state index contributed by atoms with van der Waals surface area (Å²) in [6.07, 6.45) is 1.07. The smallest absolute Gasteiger partial charge is 0.227 e. The van der Waals surface area contributed by atoms with E-state index in [0.717, 1.165) is 6.42 Å². The van der Waals surface area contributed by atoms with Gasteiger partial charge in [-0.1, -0.05) is 34.6 Å². The van der Waals surface area contributed by atoms with E-state index in [-0.39, 0.29) is 23.5 Å². The molecule has 0 saturated heterocycles. The number of Topliss-reactive ketones (excluding diaryl/α,β-unsaturated/α-hetero) is 1. The fourth-order valence-corrected chi connectivity index (χ4v) is 1.86. The molecular weight excluding hydrogens is 214 g/mol. The first-order valence-electron chi connectivity index (χ1n) is 6.38. The molecule has 1 N–H and O–H groups in total. The van der Waals surface area contributed by atoms with E-state index < -0.39 is 0 Å². The lowest BCUT2D eigenvalue weighted by Gasteiger charge is -2.29. The molecular formula is C14H27NO2. The monoisotopic (exact) mass is 241 g/mol. The van der Waals surface area contributed by atoms with Gasteiger partial charge in [-0.25, -0.2) is 0 Å². The molecule has 0 radical (unpaired) electrons. The van der Waals surface area contributed by atoms with Crippen LogP contribution < -0.4 is 5.32 Å². The molecule has 3 nitrogen and oxygen atoms in total. The van der Waals surface area contributed by atoms with Crippen molar-refractivity contribution < 1.29 is 9.59 Å². The fraction of sp³-hybridized carbons (Fsp3) is 0.857. The van der Waals surface area contributed by atoms with Gasteiger partial charge in [0.25, 0.3) is 0 Å². The van der Waals surface area contributed by atoms with Crippen molar-refractivity contribution in [1.82, 2.24) is 5.32 Å². The third-order valence-corrected chi connectivity index (χ3v) is 2.79. The van der Waals surface area contributed by atoms with Crippen molar-refractivity contribution >= 4 is 11.7 Å². The van der Waals surface area contributed by atoms with Gasteiger partial charge < -0.3 is 5.32 Å². The first kappa shape index (κ1) is 16.1. The molecule has 0 aliphatic heterocycles. The lowest BCUT2D eigenvalue weighted by Crippen LogP contribution is -2.34. The largest absolute Gasteiger partial charge is 0.355 e. The number of nitrogens with one attached hydrogen (secondary N) is 1. The number of amides is 1. The standard InChI is InChI=1S/C14H27NO2/c1-10(2)12(8-14(4,5)6)9-15-13(17)7-11(3)16/h10,12H,7-9H2,1-6H3,(H,15,17). The molecule has 3 heteroatoms. The Bertz CT molecular complexity index is 264. The van der Waals surface area contributed by atoms with E-state index >= 15 is 0 Å². The molecule has 0 aromatic carbocycles. The Morgan fingerprint density at radius 2 is 1.71 bits per heavy atom. The predicted octanol–water partition coefficient (Wildman–Crippen LogP) is 2.79. The van der Waals surface area contributed by atoms with Crippen molar-refractivity contribution in [1.29, 1.82) is 0 Å². The number of carbonyl (C=O) groups is 2. The normalized spacial score (nSPS) is 13.6. The van der Waals surface area contributed by atoms with Crippen LogP contribution in [-0.4, -0.2) is 18.2 Å². The minimum atomic E-state index is -0.156. The molecule has 0 aliphatic carbocycles. The van der Waals surface area contributed by atoms with Gasteiger partial charge in [0.1, 0.15) is 5.78 Å². The van der Waals surface area contributed by atoms with E-state index in [1.54, 1.807) is 0 Å². The first-order valence-corrected chi connectivity index (χ1v) is 6.38. The highest BCUT2D eigenvalue weighted by molar-refractivity contribution is 5.96. The van der Waals surface area contributed by atoms with Crippen LogP contribution in [0.1, 0.15) is 54.4 Å². The second-order valence-electron chi connectivity index (χ2n) is 6.45. The Morgan fingerprint density at radius 1 is 1.18 bits per heavy atom. The van der Waals surface area contributed by atoms with Crippen molar-refractivity contribution in [2.24, 2.45) is 17.3 Å². The minimum absolute atomic E-state index is 0.000330. The van der Waals surface area contributed by atoms with Gasteiger partial charge in [-0.2, -0.15) is 0 Å². The van der Waals surface area contributed by atoms with Crippen molar-refractivity contribution in [2.75, 3.05) is 6.54 Å². The van der Waals surface area contributed by atoms with Gasteiger partial charge in [-0.3, -0.25) is 9.59 Å². The van der Waals surface area contributed by atoms with E-state index in [1.807, 2.05) is 0 Å². The van der Waals surface area contributed by atoms with E-state index in [2.05, 4.69) is 39.9 Å². The van der Waals surface area contributed by atoms with Gasteiger partial charge in [-0.05, 0) is 30.6 Å². The molecule has 1 atom stereocenters. The molecule has 0 heterocycles. The summed E-state index contributed by atoms with van der Waals surface area (Å²) in [4.78, 5) is 22.2. The average molecular weight is 241 g/mol. The summed E-state index contributed by atoms with van der Waals surface area (Å²) in [6, 6.07) is 0. The van der Waals surface area contributed by atoms with Crippen LogP contribution in [0.3, 0.4) is 0 Å². The zero-order chi connectivity index (χ0) is 13.6. The molecule has 0 aromatic heterocycles. The Kier molecular flexibility index (Phi) is 6.43. The molecule has 0 aliphatic rings. The number of ketones is 1. The van der Waals surface area contributed by atoms with E-state index in [4.69, 9.17) is 0 Å². The molecule has 1 unspecified atom stereocenters. The quantitative estimate of drug-likeness (QED) is 0.727. The van der Waals surface area contributed by atoms with Crippen molar-refractivity contribution in [2.45, 2.75) is 54.4 Å². The highest BCUT2D eigenvalue weighted by Gasteiger charge is 2.22. The number of carbonyl (C=O) groups excluding carboxylic acids is 2. The lowest BCUT2D eigenvalue weighted by atomic mass is 9.79. The maximum atomic E-state index is 11.4. The van der Waals surface area contributed by atoms with Crippen molar-refractivity contribution in [3.8, 4) is 0 Å². The number of rotatable bonds is 6. The lowest BCUT2D eigenvalue weighted by molar-refractivity contribution is -0.127. The summed E-state index contributed by atoms with van der Waals surface area (Å²) in [5.74, 6) is 0.759. The summed E-state index contributed by atoms with van der Waals surface area (Å²) in [6.45, 7) is 13.1. The van der Waals surface area contributed by atoms with E-state index in [9.17, 15) is 9.59 Å². The van der Waals surface area contributed by atoms with Gasteiger partial charge in [0.05, 0.1) is 6.42 Å². The zero-order valence-electron chi connectivity index (χ0n) is 12.1. The molecule has 0 saturated carbocycles. The fourth-order valence-electron chi connectivity index (χ4n) is 1.86. The van der Waals surface area contributed by atoms with Crippen LogP contribution in [0, 0.1) is 17.3 Å². The van der Waals surface area contributed by atoms with Crippen LogP contribution >= 0.6 is 0 Å². The molecule has 0 fully saturated rings. The maximum absolute atomic E-state index is 11.4. The Labute approximate surface area is 105 Å². The molecule has 0 rings (SSSR count). The first-order chi connectivity index (χ1) is 7.61. The van der Waals surface area contributed by atoms with Gasteiger partial charge in [0.15, 0.2) is 0 Å². The van der Waals surface area contributed by atoms with Gasteiger partial charge >= 0.3 is 0 Å². The summed E-state index contributed by atoms with van der Waals surface area (Å²) in [5.41, 5.74) is 0.264. The summed E-state index contributed by atoms with van der Waals surface area (Å²) >= 11 is 0. The van der Waals surface area contributed by atoms with Gasteiger partial charge in [0.2, 0.25) is 5.91 Å². The minimum Gasteiger partial charge on any atom is -0.355 e. The zero-order valence-corrected chi connectivity index (χ0v) is 12.1. The third-order valence-electron chi connectivity index (χ3n) is 2.79. The second kappa shape index (κ2) is 6.77. The highest BCUT2D eigenvalue weighted by Crippen LogP contribution is 2.28. The van der Waals surface area contributed by atoms with Crippen LogP contribution in [0.4, 0.5) is 0 Å². The Morgan fingerprint density at radius 3 is 2.06 bits per heavy atom. The summed E-state index contributed by atoms with van der Waals surface area (Å²) < 4.78 is 0. The number of hydrogen-bond donors (Lipinski definition) is 1. The average Bonchev–Trinajstić information content (AvgIpc) is 2.08. The highest BCUT2D eigenvalue weighted by atomic mass is 16.2. The number of hydrogen-bond acceptors (Lipinski definition) is 2. The molecule has 0 bridgehead atoms. The van der Waals surface area contributed by atoms with Crippen LogP contribution in [0.15, 0.2) is 0 Å². The van der Waals surface area contributed by atoms with Crippen LogP contribution in [0.5, 0.6) is 0 Å². The van der Waals surface area contributed by atoms with Gasteiger partial charge in [0, 0.05) is 6.54 Å². The van der Waals surface area contributed by atoms with Gasteiger partial charge in [-0.15, -0.1) is 0 Å². The van der Waals surface area contributed by atoms with Crippen molar-refractivity contribution in [3.63, 3.8) is 0 Å². The van der Waals surface area contributed by atoms with Crippen molar-refractivity contribution in [3.05, 3.63) is 0 Å². The predicted molar refractivity (Wildman–Crippen MR) is 70.7 cm³/mol. The van der Waals surface area contributed by atoms with Crippen LogP contribution in [0.25, 0.3) is 0 Å². The topological polar surface area (TPSA) is 46.2 Å². The van der Waals surface area contributed by atoms with E-state index in [0.29, 0.717) is 18.4 Å². The molecule has 1 amide bonds. The maximum Gasteiger partial charge on any atom is 0.227 e. The Balaban J connectivity index is 4.19. The van der Waals surface area contributed by atoms with E-state index in [1.165, 1.54) is 6.92 Å². The summed E-state index contributed by atoms with van der Waals surface area (Å²) in [5, 5.41) is 2.86. The Hall–Kier alpha value is -0.860. The SMILES string of the molecule is CC(=O)CC(=O)NCC(CC(C)(C)C)C(C)C. The van der Waals surface area contributed by atoms with Crippen LogP contribution in [-0.2, 0) is 9.59 Å². The van der Waals surface area contributed by atoms with Crippen LogP contribution in [0.2, 0.25) is 0 Å². The molecule has 0 aromatic rings. The third kappa shape index (κ3) is 8.90. The molecule has 0 spiro atoms. The molecule has 17 heavy (non-hydrogen) atoms.